The molecule has 7 heteroatoms. The zero-order chi connectivity index (χ0) is 12.8. The number of thiophene rings is 1. The smallest absolute Gasteiger partial charge is 0.191 e. The molecule has 0 aliphatic rings. The van der Waals surface area contributed by atoms with E-state index in [-0.39, 0.29) is 24.0 Å². The monoisotopic (exact) mass is 391 g/mol. The van der Waals surface area contributed by atoms with Gasteiger partial charge >= 0.3 is 0 Å². The second-order valence-corrected chi connectivity index (χ2v) is 4.89. The minimum Gasteiger partial charge on any atom is -0.352 e. The minimum absolute atomic E-state index is 0. The predicted molar refractivity (Wildman–Crippen MR) is 90.1 cm³/mol. The Hall–Kier alpha value is -1.09. The van der Waals surface area contributed by atoms with Crippen molar-refractivity contribution in [2.45, 2.75) is 20.0 Å². The molecule has 0 bridgehead atoms. The Morgan fingerprint density at radius 3 is 2.74 bits per heavy atom. The highest BCUT2D eigenvalue weighted by atomic mass is 127. The van der Waals surface area contributed by atoms with Gasteiger partial charge in [0.05, 0.1) is 18.8 Å². The van der Waals surface area contributed by atoms with Crippen molar-refractivity contribution in [3.8, 4) is 0 Å². The van der Waals surface area contributed by atoms with E-state index in [1.165, 1.54) is 10.4 Å². The highest BCUT2D eigenvalue weighted by Gasteiger charge is 2.02. The number of hydrogen-bond donors (Lipinski definition) is 3. The van der Waals surface area contributed by atoms with Gasteiger partial charge in [0.25, 0.3) is 0 Å². The number of aromatic amines is 1. The number of aryl methyl sites for hydroxylation is 1. The van der Waals surface area contributed by atoms with E-state index in [0.717, 1.165) is 18.2 Å². The summed E-state index contributed by atoms with van der Waals surface area (Å²) in [6.45, 7) is 3.60. The molecular weight excluding hydrogens is 373 g/mol. The van der Waals surface area contributed by atoms with Crippen LogP contribution in [-0.4, -0.2) is 23.2 Å². The molecule has 0 amide bonds. The number of nitrogens with one attached hydrogen (secondary N) is 3. The van der Waals surface area contributed by atoms with Crippen LogP contribution in [0.2, 0.25) is 0 Å². The van der Waals surface area contributed by atoms with E-state index in [4.69, 9.17) is 0 Å². The number of H-pyrrole nitrogens is 1. The second-order valence-electron chi connectivity index (χ2n) is 3.89. The van der Waals surface area contributed by atoms with Crippen molar-refractivity contribution in [3.63, 3.8) is 0 Å². The summed E-state index contributed by atoms with van der Waals surface area (Å²) in [5, 5.41) is 15.4. The molecule has 0 unspecified atom stereocenters. The number of guanidine groups is 1. The molecule has 3 N–H and O–H groups in total. The molecule has 2 heterocycles. The molecule has 0 aliphatic carbocycles. The SMILES string of the molecule is CN=C(NCc1ccn[nH]1)NCc1sccc1C.I. The van der Waals surface area contributed by atoms with Gasteiger partial charge in [0.15, 0.2) is 5.96 Å². The first-order valence-corrected chi connectivity index (χ1v) is 6.63. The van der Waals surface area contributed by atoms with Crippen LogP contribution in [0.3, 0.4) is 0 Å². The Morgan fingerprint density at radius 1 is 1.37 bits per heavy atom. The maximum atomic E-state index is 4.18. The molecule has 0 saturated heterocycles. The minimum atomic E-state index is 0. The van der Waals surface area contributed by atoms with Gasteiger partial charge in [-0.25, -0.2) is 0 Å². The number of aromatic nitrogens is 2. The average molecular weight is 391 g/mol. The lowest BCUT2D eigenvalue weighted by Crippen LogP contribution is -2.36. The van der Waals surface area contributed by atoms with Crippen LogP contribution < -0.4 is 10.6 Å². The van der Waals surface area contributed by atoms with E-state index in [1.807, 2.05) is 6.07 Å². The molecule has 2 aromatic heterocycles. The summed E-state index contributed by atoms with van der Waals surface area (Å²) in [6, 6.07) is 4.06. The molecule has 0 atom stereocenters. The van der Waals surface area contributed by atoms with Crippen LogP contribution in [0.4, 0.5) is 0 Å². The number of hydrogen-bond acceptors (Lipinski definition) is 3. The molecule has 104 valence electrons. The molecule has 0 aliphatic heterocycles. The molecule has 0 saturated carbocycles. The molecule has 0 radical (unpaired) electrons. The highest BCUT2D eigenvalue weighted by Crippen LogP contribution is 2.14. The molecule has 19 heavy (non-hydrogen) atoms. The van der Waals surface area contributed by atoms with Crippen molar-refractivity contribution in [1.29, 1.82) is 0 Å². The van der Waals surface area contributed by atoms with Gasteiger partial charge in [-0.05, 0) is 30.0 Å². The van der Waals surface area contributed by atoms with Crippen molar-refractivity contribution in [1.82, 2.24) is 20.8 Å². The Bertz CT molecular complexity index is 506. The molecule has 0 spiro atoms. The Morgan fingerprint density at radius 2 is 2.16 bits per heavy atom. The highest BCUT2D eigenvalue weighted by molar-refractivity contribution is 14.0. The fraction of sp³-hybridized carbons (Fsp3) is 0.333. The van der Waals surface area contributed by atoms with E-state index in [9.17, 15) is 0 Å². The van der Waals surface area contributed by atoms with Crippen LogP contribution in [0, 0.1) is 6.92 Å². The van der Waals surface area contributed by atoms with Crippen LogP contribution in [0.5, 0.6) is 0 Å². The van der Waals surface area contributed by atoms with Gasteiger partial charge in [-0.1, -0.05) is 0 Å². The lowest BCUT2D eigenvalue weighted by molar-refractivity contribution is 0.793. The Balaban J connectivity index is 0.00000180. The summed E-state index contributed by atoms with van der Waals surface area (Å²) in [5.41, 5.74) is 2.35. The first-order valence-electron chi connectivity index (χ1n) is 5.75. The first kappa shape index (κ1) is 16.0. The normalized spacial score (nSPS) is 10.9. The number of nitrogens with zero attached hydrogens (tertiary/aromatic N) is 2. The van der Waals surface area contributed by atoms with Crippen molar-refractivity contribution >= 4 is 41.3 Å². The zero-order valence-electron chi connectivity index (χ0n) is 10.9. The fourth-order valence-electron chi connectivity index (χ4n) is 1.53. The summed E-state index contributed by atoms with van der Waals surface area (Å²) in [7, 11) is 1.77. The summed E-state index contributed by atoms with van der Waals surface area (Å²) in [5.74, 6) is 0.789. The third kappa shape index (κ3) is 4.83. The molecule has 5 nitrogen and oxygen atoms in total. The molecule has 2 rings (SSSR count). The maximum absolute atomic E-state index is 4.18. The summed E-state index contributed by atoms with van der Waals surface area (Å²) < 4.78 is 0. The average Bonchev–Trinajstić information content (AvgIpc) is 3.01. The number of rotatable bonds is 4. The van der Waals surface area contributed by atoms with Crippen LogP contribution in [0.1, 0.15) is 16.1 Å². The molecular formula is C12H18IN5S. The van der Waals surface area contributed by atoms with Crippen LogP contribution >= 0.6 is 35.3 Å². The Labute approximate surface area is 133 Å². The Kier molecular flexibility index (Phi) is 6.85. The van der Waals surface area contributed by atoms with Gasteiger partial charge in [0.1, 0.15) is 0 Å². The van der Waals surface area contributed by atoms with Gasteiger partial charge in [0, 0.05) is 18.1 Å². The number of aliphatic imine (C=N–C) groups is 1. The second kappa shape index (κ2) is 8.16. The zero-order valence-corrected chi connectivity index (χ0v) is 14.1. The van der Waals surface area contributed by atoms with Gasteiger partial charge in [-0.2, -0.15) is 5.10 Å². The lowest BCUT2D eigenvalue weighted by Gasteiger charge is -2.10. The fourth-order valence-corrected chi connectivity index (χ4v) is 2.38. The summed E-state index contributed by atoms with van der Waals surface area (Å²) in [4.78, 5) is 5.51. The summed E-state index contributed by atoms with van der Waals surface area (Å²) >= 11 is 1.76. The van der Waals surface area contributed by atoms with Crippen molar-refractivity contribution < 1.29 is 0 Å². The molecule has 2 aromatic rings. The quantitative estimate of drug-likeness (QED) is 0.426. The third-order valence-electron chi connectivity index (χ3n) is 2.61. The van der Waals surface area contributed by atoms with E-state index >= 15 is 0 Å². The van der Waals surface area contributed by atoms with E-state index < -0.39 is 0 Å². The largest absolute Gasteiger partial charge is 0.352 e. The van der Waals surface area contributed by atoms with Gasteiger partial charge in [-0.15, -0.1) is 35.3 Å². The van der Waals surface area contributed by atoms with Gasteiger partial charge in [-0.3, -0.25) is 10.1 Å². The van der Waals surface area contributed by atoms with E-state index in [2.05, 4.69) is 44.2 Å². The summed E-state index contributed by atoms with van der Waals surface area (Å²) in [6.07, 6.45) is 1.74. The molecule has 0 aromatic carbocycles. The van der Waals surface area contributed by atoms with Crippen molar-refractivity contribution in [2.24, 2.45) is 4.99 Å². The maximum Gasteiger partial charge on any atom is 0.191 e. The van der Waals surface area contributed by atoms with E-state index in [1.54, 1.807) is 24.6 Å². The van der Waals surface area contributed by atoms with Crippen molar-refractivity contribution in [2.75, 3.05) is 7.05 Å². The predicted octanol–water partition coefficient (Wildman–Crippen LogP) is 2.26. The van der Waals surface area contributed by atoms with Crippen LogP contribution in [0.15, 0.2) is 28.7 Å². The standard InChI is InChI=1S/C12H17N5S.HI/c1-9-4-6-18-11(9)8-15-12(13-2)14-7-10-3-5-16-17-10;/h3-6H,7-8H2,1-2H3,(H,16,17)(H2,13,14,15);1H. The molecule has 0 fully saturated rings. The van der Waals surface area contributed by atoms with Crippen LogP contribution in [-0.2, 0) is 13.1 Å². The van der Waals surface area contributed by atoms with Crippen LogP contribution in [0.25, 0.3) is 0 Å². The topological polar surface area (TPSA) is 65.1 Å². The first-order chi connectivity index (χ1) is 8.79. The van der Waals surface area contributed by atoms with Crippen molar-refractivity contribution in [3.05, 3.63) is 39.8 Å². The number of halogens is 1. The van der Waals surface area contributed by atoms with Gasteiger partial charge < -0.3 is 10.6 Å². The third-order valence-corrected chi connectivity index (χ3v) is 3.64. The van der Waals surface area contributed by atoms with Gasteiger partial charge in [0.2, 0.25) is 0 Å². The van der Waals surface area contributed by atoms with E-state index in [0.29, 0.717) is 6.54 Å². The lowest BCUT2D eigenvalue weighted by atomic mass is 10.3.